The van der Waals surface area contributed by atoms with Gasteiger partial charge >= 0.3 is 0 Å². The third-order valence-corrected chi connectivity index (χ3v) is 2.66. The SMILES string of the molecule is CCOCCNC(C)Cc1ccccc1OC. The Balaban J connectivity index is 2.36. The maximum absolute atomic E-state index is 5.34. The number of ether oxygens (including phenoxy) is 2. The van der Waals surface area contributed by atoms with Gasteiger partial charge in [0.2, 0.25) is 0 Å². The van der Waals surface area contributed by atoms with Crippen LogP contribution in [0, 0.1) is 0 Å². The number of para-hydroxylation sites is 1. The van der Waals surface area contributed by atoms with E-state index in [4.69, 9.17) is 9.47 Å². The molecule has 0 aromatic heterocycles. The van der Waals surface area contributed by atoms with Crippen molar-refractivity contribution in [2.75, 3.05) is 26.9 Å². The Morgan fingerprint density at radius 1 is 1.29 bits per heavy atom. The number of hydrogen-bond acceptors (Lipinski definition) is 3. The second kappa shape index (κ2) is 8.09. The summed E-state index contributed by atoms with van der Waals surface area (Å²) in [5.74, 6) is 0.964. The fraction of sp³-hybridized carbons (Fsp3) is 0.571. The van der Waals surface area contributed by atoms with Crippen LogP contribution in [-0.2, 0) is 11.2 Å². The molecular formula is C14H23NO2. The molecule has 0 aliphatic heterocycles. The first kappa shape index (κ1) is 14.0. The zero-order valence-electron chi connectivity index (χ0n) is 11.0. The molecular weight excluding hydrogens is 214 g/mol. The summed E-state index contributed by atoms with van der Waals surface area (Å²) in [6, 6.07) is 8.58. The number of methoxy groups -OCH3 is 1. The molecule has 0 aliphatic rings. The molecule has 96 valence electrons. The quantitative estimate of drug-likeness (QED) is 0.703. The number of rotatable bonds is 8. The second-order valence-corrected chi connectivity index (χ2v) is 4.07. The van der Waals surface area contributed by atoms with Gasteiger partial charge in [-0.15, -0.1) is 0 Å². The summed E-state index contributed by atoms with van der Waals surface area (Å²) < 4.78 is 10.6. The van der Waals surface area contributed by atoms with Crippen molar-refractivity contribution in [3.05, 3.63) is 29.8 Å². The lowest BCUT2D eigenvalue weighted by molar-refractivity contribution is 0.147. The third kappa shape index (κ3) is 5.20. The molecule has 1 atom stereocenters. The lowest BCUT2D eigenvalue weighted by atomic mass is 10.1. The van der Waals surface area contributed by atoms with E-state index in [1.807, 2.05) is 25.1 Å². The van der Waals surface area contributed by atoms with Crippen molar-refractivity contribution in [1.82, 2.24) is 5.32 Å². The van der Waals surface area contributed by atoms with E-state index in [9.17, 15) is 0 Å². The molecule has 17 heavy (non-hydrogen) atoms. The smallest absolute Gasteiger partial charge is 0.122 e. The van der Waals surface area contributed by atoms with E-state index >= 15 is 0 Å². The molecule has 1 aromatic rings. The van der Waals surface area contributed by atoms with Crippen molar-refractivity contribution in [2.24, 2.45) is 0 Å². The highest BCUT2D eigenvalue weighted by Crippen LogP contribution is 2.18. The summed E-state index contributed by atoms with van der Waals surface area (Å²) in [6.07, 6.45) is 0.968. The number of benzene rings is 1. The summed E-state index contributed by atoms with van der Waals surface area (Å²) in [5.41, 5.74) is 1.24. The third-order valence-electron chi connectivity index (χ3n) is 2.66. The van der Waals surface area contributed by atoms with Crippen LogP contribution in [0.25, 0.3) is 0 Å². The number of nitrogens with one attached hydrogen (secondary N) is 1. The Morgan fingerprint density at radius 2 is 2.06 bits per heavy atom. The molecule has 0 amide bonds. The van der Waals surface area contributed by atoms with Gasteiger partial charge in [-0.2, -0.15) is 0 Å². The predicted octanol–water partition coefficient (Wildman–Crippen LogP) is 2.25. The van der Waals surface area contributed by atoms with Gasteiger partial charge in [0.05, 0.1) is 13.7 Å². The van der Waals surface area contributed by atoms with Gasteiger partial charge in [-0.25, -0.2) is 0 Å². The molecule has 0 spiro atoms. The molecule has 0 aliphatic carbocycles. The van der Waals surface area contributed by atoms with Crippen LogP contribution in [0.5, 0.6) is 5.75 Å². The zero-order chi connectivity index (χ0) is 12.5. The summed E-state index contributed by atoms with van der Waals surface area (Å²) in [5, 5.41) is 3.44. The molecule has 1 unspecified atom stereocenters. The van der Waals surface area contributed by atoms with Gasteiger partial charge in [-0.05, 0) is 31.9 Å². The van der Waals surface area contributed by atoms with Gasteiger partial charge in [-0.3, -0.25) is 0 Å². The Hall–Kier alpha value is -1.06. The molecule has 0 fully saturated rings. The highest BCUT2D eigenvalue weighted by Gasteiger charge is 2.06. The fourth-order valence-electron chi connectivity index (χ4n) is 1.80. The first-order valence-electron chi connectivity index (χ1n) is 6.21. The minimum absolute atomic E-state index is 0.423. The first-order chi connectivity index (χ1) is 8.27. The summed E-state index contributed by atoms with van der Waals surface area (Å²) in [6.45, 7) is 6.64. The Bertz CT molecular complexity index is 315. The highest BCUT2D eigenvalue weighted by molar-refractivity contribution is 5.33. The van der Waals surface area contributed by atoms with E-state index < -0.39 is 0 Å². The summed E-state index contributed by atoms with van der Waals surface area (Å²) in [4.78, 5) is 0. The molecule has 0 saturated heterocycles. The monoisotopic (exact) mass is 237 g/mol. The van der Waals surface area contributed by atoms with E-state index in [-0.39, 0.29) is 0 Å². The van der Waals surface area contributed by atoms with Crippen LogP contribution in [0.4, 0.5) is 0 Å². The van der Waals surface area contributed by atoms with Gasteiger partial charge in [0.15, 0.2) is 0 Å². The van der Waals surface area contributed by atoms with Crippen LogP contribution in [0.1, 0.15) is 19.4 Å². The van der Waals surface area contributed by atoms with Crippen molar-refractivity contribution in [3.63, 3.8) is 0 Å². The molecule has 0 bridgehead atoms. The van der Waals surface area contributed by atoms with E-state index in [0.717, 1.165) is 31.9 Å². The maximum Gasteiger partial charge on any atom is 0.122 e. The van der Waals surface area contributed by atoms with Gasteiger partial charge < -0.3 is 14.8 Å². The molecule has 3 nitrogen and oxygen atoms in total. The Kier molecular flexibility index (Phi) is 6.67. The summed E-state index contributed by atoms with van der Waals surface area (Å²) >= 11 is 0. The molecule has 0 radical (unpaired) electrons. The standard InChI is InChI=1S/C14H23NO2/c1-4-17-10-9-15-12(2)11-13-7-5-6-8-14(13)16-3/h5-8,12,15H,4,9-11H2,1-3H3. The van der Waals surface area contributed by atoms with Crippen LogP contribution in [-0.4, -0.2) is 32.9 Å². The van der Waals surface area contributed by atoms with Crippen molar-refractivity contribution < 1.29 is 9.47 Å². The molecule has 1 aromatic carbocycles. The Morgan fingerprint density at radius 3 is 2.76 bits per heavy atom. The molecule has 0 heterocycles. The fourth-order valence-corrected chi connectivity index (χ4v) is 1.80. The van der Waals surface area contributed by atoms with Crippen molar-refractivity contribution in [1.29, 1.82) is 0 Å². The van der Waals surface area contributed by atoms with Gasteiger partial charge in [0, 0.05) is 19.2 Å². The van der Waals surface area contributed by atoms with E-state index in [2.05, 4.69) is 18.3 Å². The highest BCUT2D eigenvalue weighted by atomic mass is 16.5. The zero-order valence-corrected chi connectivity index (χ0v) is 11.0. The lowest BCUT2D eigenvalue weighted by Crippen LogP contribution is -2.31. The lowest BCUT2D eigenvalue weighted by Gasteiger charge is -2.15. The summed E-state index contributed by atoms with van der Waals surface area (Å²) in [7, 11) is 1.71. The molecule has 1 N–H and O–H groups in total. The van der Waals surface area contributed by atoms with E-state index in [1.54, 1.807) is 7.11 Å². The van der Waals surface area contributed by atoms with E-state index in [0.29, 0.717) is 6.04 Å². The molecule has 0 saturated carbocycles. The average molecular weight is 237 g/mol. The molecule has 3 heteroatoms. The van der Waals surface area contributed by atoms with Crippen molar-refractivity contribution in [2.45, 2.75) is 26.3 Å². The van der Waals surface area contributed by atoms with Gasteiger partial charge in [0.25, 0.3) is 0 Å². The minimum atomic E-state index is 0.423. The minimum Gasteiger partial charge on any atom is -0.496 e. The van der Waals surface area contributed by atoms with Crippen LogP contribution in [0.15, 0.2) is 24.3 Å². The maximum atomic E-state index is 5.34. The van der Waals surface area contributed by atoms with Crippen LogP contribution in [0.3, 0.4) is 0 Å². The van der Waals surface area contributed by atoms with Crippen molar-refractivity contribution >= 4 is 0 Å². The average Bonchev–Trinajstić information content (AvgIpc) is 2.35. The van der Waals surface area contributed by atoms with Gasteiger partial charge in [-0.1, -0.05) is 18.2 Å². The van der Waals surface area contributed by atoms with Crippen LogP contribution >= 0.6 is 0 Å². The predicted molar refractivity (Wildman–Crippen MR) is 70.7 cm³/mol. The van der Waals surface area contributed by atoms with E-state index in [1.165, 1.54) is 5.56 Å². The molecule has 1 rings (SSSR count). The largest absolute Gasteiger partial charge is 0.496 e. The number of hydrogen-bond donors (Lipinski definition) is 1. The van der Waals surface area contributed by atoms with Crippen LogP contribution in [0.2, 0.25) is 0 Å². The normalized spacial score (nSPS) is 12.4. The first-order valence-corrected chi connectivity index (χ1v) is 6.21. The second-order valence-electron chi connectivity index (χ2n) is 4.07. The topological polar surface area (TPSA) is 30.5 Å². The van der Waals surface area contributed by atoms with Crippen LogP contribution < -0.4 is 10.1 Å². The Labute approximate surface area is 104 Å². The van der Waals surface area contributed by atoms with Crippen molar-refractivity contribution in [3.8, 4) is 5.75 Å². The van der Waals surface area contributed by atoms with Gasteiger partial charge in [0.1, 0.15) is 5.75 Å².